The van der Waals surface area contributed by atoms with E-state index in [1.165, 1.54) is 5.56 Å². The number of fused-ring (bicyclic) bond motifs is 2. The van der Waals surface area contributed by atoms with E-state index >= 15 is 0 Å². The Morgan fingerprint density at radius 2 is 1.42 bits per heavy atom. The SMILES string of the molecule is Cc1ccc2nc(-c3ncc(OCCN4CCOCC4)cc3CO)[nH]c2c1.Cc1ccc2nc(-c3ncccc3CO)[nH]c2c1. The summed E-state index contributed by atoms with van der Waals surface area (Å²) in [6.07, 6.45) is 3.39. The fourth-order valence-corrected chi connectivity index (χ4v) is 5.27. The predicted molar refractivity (Wildman–Crippen MR) is 173 cm³/mol. The van der Waals surface area contributed by atoms with Gasteiger partial charge in [0.05, 0.1) is 54.7 Å². The number of ether oxygens (including phenoxy) is 2. The molecule has 4 N–H and O–H groups in total. The van der Waals surface area contributed by atoms with Gasteiger partial charge in [-0.15, -0.1) is 0 Å². The number of aliphatic hydroxyl groups excluding tert-OH is 2. The third-order valence-electron chi connectivity index (χ3n) is 7.68. The van der Waals surface area contributed by atoms with Crippen LogP contribution in [-0.4, -0.2) is 84.5 Å². The molecule has 232 valence electrons. The van der Waals surface area contributed by atoms with Crippen LogP contribution in [0.25, 0.3) is 45.1 Å². The number of aryl methyl sites for hydroxylation is 2. The number of nitrogens with one attached hydrogen (secondary N) is 2. The van der Waals surface area contributed by atoms with Gasteiger partial charge in [-0.3, -0.25) is 9.88 Å². The second-order valence-electron chi connectivity index (χ2n) is 11.0. The summed E-state index contributed by atoms with van der Waals surface area (Å²) >= 11 is 0. The molecule has 0 saturated carbocycles. The van der Waals surface area contributed by atoms with Crippen LogP contribution < -0.4 is 4.74 Å². The average molecular weight is 608 g/mol. The van der Waals surface area contributed by atoms with Gasteiger partial charge in [0.15, 0.2) is 11.6 Å². The minimum Gasteiger partial charge on any atom is -0.491 e. The van der Waals surface area contributed by atoms with Crippen molar-refractivity contribution < 1.29 is 19.7 Å². The molecule has 7 rings (SSSR count). The first-order valence-corrected chi connectivity index (χ1v) is 15.0. The summed E-state index contributed by atoms with van der Waals surface area (Å²) in [7, 11) is 0. The average Bonchev–Trinajstić information content (AvgIpc) is 3.69. The molecule has 0 atom stereocenters. The zero-order valence-electron chi connectivity index (χ0n) is 25.5. The maximum atomic E-state index is 9.79. The number of pyridine rings is 2. The van der Waals surface area contributed by atoms with E-state index in [1.807, 2.05) is 68.4 Å². The monoisotopic (exact) mass is 607 g/mol. The van der Waals surface area contributed by atoms with Crippen LogP contribution in [0.4, 0.5) is 0 Å². The van der Waals surface area contributed by atoms with Gasteiger partial charge >= 0.3 is 0 Å². The van der Waals surface area contributed by atoms with Gasteiger partial charge in [-0.2, -0.15) is 0 Å². The van der Waals surface area contributed by atoms with E-state index in [-0.39, 0.29) is 13.2 Å². The molecule has 11 nitrogen and oxygen atoms in total. The molecule has 0 bridgehead atoms. The van der Waals surface area contributed by atoms with Crippen molar-refractivity contribution in [2.24, 2.45) is 0 Å². The van der Waals surface area contributed by atoms with Crippen LogP contribution in [0.5, 0.6) is 5.75 Å². The second kappa shape index (κ2) is 14.0. The molecule has 0 aliphatic carbocycles. The van der Waals surface area contributed by atoms with Crippen LogP contribution >= 0.6 is 0 Å². The summed E-state index contributed by atoms with van der Waals surface area (Å²) in [6, 6.07) is 17.6. The molecule has 1 aliphatic heterocycles. The van der Waals surface area contributed by atoms with Gasteiger partial charge in [0.2, 0.25) is 0 Å². The van der Waals surface area contributed by atoms with Crippen LogP contribution in [0.1, 0.15) is 22.3 Å². The molecule has 0 spiro atoms. The zero-order chi connectivity index (χ0) is 31.2. The third kappa shape index (κ3) is 7.18. The summed E-state index contributed by atoms with van der Waals surface area (Å²) in [6.45, 7) is 8.78. The quantitative estimate of drug-likeness (QED) is 0.196. The summed E-state index contributed by atoms with van der Waals surface area (Å²) in [5.74, 6) is 2.00. The molecule has 4 aromatic heterocycles. The number of aromatic nitrogens is 6. The standard InChI is InChI=1S/C20H24N4O3.C14H13N3O/c1-14-2-3-17-18(10-14)23-20(22-17)19-15(13-25)11-16(12-21-19)27-9-6-24-4-7-26-8-5-24;1-9-4-5-11-12(7-9)17-14(16-11)13-10(8-18)3-2-6-15-13/h2-3,10-12,25H,4-9,13H2,1H3,(H,22,23);2-7,18H,8H2,1H3,(H,16,17). The number of rotatable bonds is 8. The van der Waals surface area contributed by atoms with E-state index in [2.05, 4.69) is 34.8 Å². The Hall–Kier alpha value is -4.68. The smallest absolute Gasteiger partial charge is 0.157 e. The third-order valence-corrected chi connectivity index (χ3v) is 7.68. The minimum atomic E-state index is -0.126. The van der Waals surface area contributed by atoms with Crippen molar-refractivity contribution in [3.63, 3.8) is 0 Å². The summed E-state index contributed by atoms with van der Waals surface area (Å²) in [5, 5.41) is 19.1. The van der Waals surface area contributed by atoms with Gasteiger partial charge < -0.3 is 29.7 Å². The fourth-order valence-electron chi connectivity index (χ4n) is 5.27. The molecule has 0 amide bonds. The first-order chi connectivity index (χ1) is 22.0. The highest BCUT2D eigenvalue weighted by Crippen LogP contribution is 2.26. The highest BCUT2D eigenvalue weighted by atomic mass is 16.5. The number of benzene rings is 2. The number of H-pyrrole nitrogens is 2. The lowest BCUT2D eigenvalue weighted by Crippen LogP contribution is -2.38. The topological polar surface area (TPSA) is 145 Å². The molecule has 5 heterocycles. The normalized spacial score (nSPS) is 13.6. The van der Waals surface area contributed by atoms with Gasteiger partial charge in [0.1, 0.15) is 23.7 Å². The summed E-state index contributed by atoms with van der Waals surface area (Å²) in [4.78, 5) is 26.7. The second-order valence-corrected chi connectivity index (χ2v) is 11.0. The maximum absolute atomic E-state index is 9.79. The number of aliphatic hydroxyl groups is 2. The Labute approximate surface area is 260 Å². The maximum Gasteiger partial charge on any atom is 0.157 e. The van der Waals surface area contributed by atoms with E-state index in [0.29, 0.717) is 41.0 Å². The van der Waals surface area contributed by atoms with E-state index in [0.717, 1.165) is 66.0 Å². The Kier molecular flexibility index (Phi) is 9.41. The van der Waals surface area contributed by atoms with Crippen molar-refractivity contribution in [2.45, 2.75) is 27.1 Å². The predicted octanol–water partition coefficient (Wildman–Crippen LogP) is 4.56. The molecular weight excluding hydrogens is 570 g/mol. The zero-order valence-corrected chi connectivity index (χ0v) is 25.5. The highest BCUT2D eigenvalue weighted by Gasteiger charge is 2.14. The molecule has 45 heavy (non-hydrogen) atoms. The van der Waals surface area contributed by atoms with Crippen LogP contribution in [0.2, 0.25) is 0 Å². The summed E-state index contributed by atoms with van der Waals surface area (Å²) in [5.41, 5.74) is 8.89. The molecule has 0 unspecified atom stereocenters. The molecule has 1 saturated heterocycles. The van der Waals surface area contributed by atoms with E-state index in [9.17, 15) is 10.2 Å². The van der Waals surface area contributed by atoms with E-state index in [1.54, 1.807) is 12.4 Å². The number of hydrogen-bond acceptors (Lipinski definition) is 9. The van der Waals surface area contributed by atoms with Gasteiger partial charge in [0, 0.05) is 37.0 Å². The Morgan fingerprint density at radius 3 is 2.04 bits per heavy atom. The fraction of sp³-hybridized carbons (Fsp3) is 0.294. The minimum absolute atomic E-state index is 0.0424. The van der Waals surface area contributed by atoms with Gasteiger partial charge in [-0.05, 0) is 61.4 Å². The number of aromatic amines is 2. The Balaban J connectivity index is 0.000000172. The van der Waals surface area contributed by atoms with Gasteiger partial charge in [-0.1, -0.05) is 18.2 Å². The van der Waals surface area contributed by atoms with Crippen LogP contribution in [-0.2, 0) is 18.0 Å². The van der Waals surface area contributed by atoms with Crippen molar-refractivity contribution in [3.8, 4) is 28.8 Å². The Morgan fingerprint density at radius 1 is 0.800 bits per heavy atom. The van der Waals surface area contributed by atoms with Crippen LogP contribution in [0.3, 0.4) is 0 Å². The van der Waals surface area contributed by atoms with Crippen molar-refractivity contribution in [1.29, 1.82) is 0 Å². The number of hydrogen-bond donors (Lipinski definition) is 4. The first-order valence-electron chi connectivity index (χ1n) is 15.0. The van der Waals surface area contributed by atoms with E-state index < -0.39 is 0 Å². The van der Waals surface area contributed by atoms with Gasteiger partial charge in [-0.25, -0.2) is 15.0 Å². The molecular formula is C34H37N7O4. The molecule has 0 radical (unpaired) electrons. The first kappa shape index (κ1) is 30.4. The largest absolute Gasteiger partial charge is 0.491 e. The van der Waals surface area contributed by atoms with Crippen molar-refractivity contribution >= 4 is 22.1 Å². The van der Waals surface area contributed by atoms with Crippen molar-refractivity contribution in [2.75, 3.05) is 39.5 Å². The molecule has 11 heteroatoms. The van der Waals surface area contributed by atoms with Crippen molar-refractivity contribution in [3.05, 3.63) is 89.2 Å². The number of imidazole rings is 2. The summed E-state index contributed by atoms with van der Waals surface area (Å²) < 4.78 is 11.2. The lowest BCUT2D eigenvalue weighted by Gasteiger charge is -2.26. The lowest BCUT2D eigenvalue weighted by molar-refractivity contribution is 0.0322. The van der Waals surface area contributed by atoms with Crippen molar-refractivity contribution in [1.82, 2.24) is 34.8 Å². The van der Waals surface area contributed by atoms with Crippen LogP contribution in [0, 0.1) is 13.8 Å². The van der Waals surface area contributed by atoms with Gasteiger partial charge in [0.25, 0.3) is 0 Å². The number of morpholine rings is 1. The number of nitrogens with zero attached hydrogens (tertiary/aromatic N) is 5. The molecule has 6 aromatic rings. The highest BCUT2D eigenvalue weighted by molar-refractivity contribution is 5.80. The molecule has 1 fully saturated rings. The van der Waals surface area contributed by atoms with E-state index in [4.69, 9.17) is 9.47 Å². The molecule has 2 aromatic carbocycles. The lowest BCUT2D eigenvalue weighted by atomic mass is 10.2. The van der Waals surface area contributed by atoms with Crippen LogP contribution in [0.15, 0.2) is 67.0 Å². The Bertz CT molecular complexity index is 1900. The molecule has 1 aliphatic rings.